The van der Waals surface area contributed by atoms with Gasteiger partial charge in [0.2, 0.25) is 4.96 Å². The van der Waals surface area contributed by atoms with E-state index in [0.717, 1.165) is 5.56 Å². The number of hydrogen-bond donors (Lipinski definition) is 0. The first-order chi connectivity index (χ1) is 15.0. The summed E-state index contributed by atoms with van der Waals surface area (Å²) in [4.78, 5) is 17.8. The Kier molecular flexibility index (Phi) is 5.02. The highest BCUT2D eigenvalue weighted by Crippen LogP contribution is 2.32. The van der Waals surface area contributed by atoms with Crippen molar-refractivity contribution in [1.82, 2.24) is 14.6 Å². The third-order valence-electron chi connectivity index (χ3n) is 4.62. The Labute approximate surface area is 189 Å². The van der Waals surface area contributed by atoms with E-state index in [1.54, 1.807) is 43.5 Å². The van der Waals surface area contributed by atoms with Crippen LogP contribution in [0.2, 0.25) is 10.0 Å². The number of para-hydroxylation sites is 1. The van der Waals surface area contributed by atoms with Crippen molar-refractivity contribution in [2.75, 3.05) is 7.11 Å². The summed E-state index contributed by atoms with van der Waals surface area (Å²) in [6, 6.07) is 16.1. The number of halogens is 2. The Hall–Kier alpha value is -3.13. The van der Waals surface area contributed by atoms with Gasteiger partial charge in [-0.25, -0.2) is 0 Å². The molecule has 154 valence electrons. The molecule has 0 atom stereocenters. The van der Waals surface area contributed by atoms with Crippen LogP contribution in [0.25, 0.3) is 33.7 Å². The van der Waals surface area contributed by atoms with Crippen molar-refractivity contribution < 1.29 is 9.15 Å². The SMILES string of the molecule is COc1ccccc1-c1nc2sc(=Cc3ccc(-c4cc(Cl)ccc4Cl)o3)c(=O)n2n1. The van der Waals surface area contributed by atoms with Gasteiger partial charge >= 0.3 is 0 Å². The maximum atomic E-state index is 12.8. The van der Waals surface area contributed by atoms with Crippen LogP contribution in [0.15, 0.2) is 63.8 Å². The Morgan fingerprint density at radius 3 is 2.74 bits per heavy atom. The summed E-state index contributed by atoms with van der Waals surface area (Å²) in [5, 5.41) is 5.45. The minimum Gasteiger partial charge on any atom is -0.496 e. The quantitative estimate of drug-likeness (QED) is 0.372. The third kappa shape index (κ3) is 3.61. The van der Waals surface area contributed by atoms with E-state index in [-0.39, 0.29) is 5.56 Å². The van der Waals surface area contributed by atoms with E-state index in [0.29, 0.717) is 48.2 Å². The fourth-order valence-corrected chi connectivity index (χ4v) is 4.44. The van der Waals surface area contributed by atoms with Crippen molar-refractivity contribution in [3.63, 3.8) is 0 Å². The highest BCUT2D eigenvalue weighted by Gasteiger charge is 2.15. The van der Waals surface area contributed by atoms with Gasteiger partial charge in [0.05, 0.1) is 17.7 Å². The zero-order chi connectivity index (χ0) is 21.5. The van der Waals surface area contributed by atoms with Crippen molar-refractivity contribution in [3.8, 4) is 28.5 Å². The van der Waals surface area contributed by atoms with Gasteiger partial charge in [-0.2, -0.15) is 9.50 Å². The Morgan fingerprint density at radius 2 is 1.94 bits per heavy atom. The van der Waals surface area contributed by atoms with Crippen LogP contribution >= 0.6 is 34.5 Å². The fraction of sp³-hybridized carbons (Fsp3) is 0.0455. The molecular weight excluding hydrogens is 457 g/mol. The normalized spacial score (nSPS) is 12.0. The summed E-state index contributed by atoms with van der Waals surface area (Å²) >= 11 is 13.5. The molecule has 3 heterocycles. The monoisotopic (exact) mass is 469 g/mol. The summed E-state index contributed by atoms with van der Waals surface area (Å²) in [6.45, 7) is 0. The molecule has 0 saturated carbocycles. The van der Waals surface area contributed by atoms with Crippen LogP contribution in [-0.2, 0) is 0 Å². The van der Waals surface area contributed by atoms with Crippen molar-refractivity contribution in [2.24, 2.45) is 0 Å². The Balaban J connectivity index is 1.54. The lowest BCUT2D eigenvalue weighted by molar-refractivity contribution is 0.416. The Bertz CT molecular complexity index is 1540. The van der Waals surface area contributed by atoms with Crippen LogP contribution in [0.3, 0.4) is 0 Å². The van der Waals surface area contributed by atoms with Crippen LogP contribution in [0.5, 0.6) is 5.75 Å². The van der Waals surface area contributed by atoms with Gasteiger partial charge in [0.1, 0.15) is 21.8 Å². The first-order valence-electron chi connectivity index (χ1n) is 9.13. The molecule has 0 spiro atoms. The minimum atomic E-state index is -0.271. The fourth-order valence-electron chi connectivity index (χ4n) is 3.17. The van der Waals surface area contributed by atoms with E-state index in [1.807, 2.05) is 24.3 Å². The predicted molar refractivity (Wildman–Crippen MR) is 122 cm³/mol. The lowest BCUT2D eigenvalue weighted by atomic mass is 10.2. The van der Waals surface area contributed by atoms with Gasteiger partial charge in [0, 0.05) is 16.7 Å². The third-order valence-corrected chi connectivity index (χ3v) is 6.15. The number of nitrogens with zero attached hydrogens (tertiary/aromatic N) is 3. The number of aromatic nitrogens is 3. The second-order valence-electron chi connectivity index (χ2n) is 6.57. The number of benzene rings is 2. The molecule has 0 aliphatic carbocycles. The molecule has 3 aromatic heterocycles. The summed E-state index contributed by atoms with van der Waals surface area (Å²) in [7, 11) is 1.58. The average Bonchev–Trinajstić information content (AvgIpc) is 3.47. The first kappa shape index (κ1) is 19.8. The van der Waals surface area contributed by atoms with E-state index in [2.05, 4.69) is 10.1 Å². The number of rotatable bonds is 4. The molecule has 9 heteroatoms. The number of furan rings is 1. The molecule has 0 aliphatic rings. The number of ether oxygens (including phenoxy) is 1. The molecule has 6 nitrogen and oxygen atoms in total. The summed E-state index contributed by atoms with van der Waals surface area (Å²) < 4.78 is 13.0. The van der Waals surface area contributed by atoms with Crippen molar-refractivity contribution in [3.05, 3.63) is 85.3 Å². The number of thiazole rings is 1. The van der Waals surface area contributed by atoms with E-state index in [9.17, 15) is 4.79 Å². The van der Waals surface area contributed by atoms with E-state index >= 15 is 0 Å². The molecule has 5 rings (SSSR count). The highest BCUT2D eigenvalue weighted by atomic mass is 35.5. The van der Waals surface area contributed by atoms with Crippen molar-refractivity contribution in [2.45, 2.75) is 0 Å². The number of fused-ring (bicyclic) bond motifs is 1. The van der Waals surface area contributed by atoms with Crippen LogP contribution in [0, 0.1) is 0 Å². The van der Waals surface area contributed by atoms with Crippen molar-refractivity contribution >= 4 is 45.6 Å². The topological polar surface area (TPSA) is 69.6 Å². The molecule has 0 aliphatic heterocycles. The highest BCUT2D eigenvalue weighted by molar-refractivity contribution is 7.15. The molecule has 5 aromatic rings. The van der Waals surface area contributed by atoms with Gasteiger partial charge in [-0.05, 0) is 42.5 Å². The maximum absolute atomic E-state index is 12.8. The molecule has 0 unspecified atom stereocenters. The molecular formula is C22H13Cl2N3O3S. The van der Waals surface area contributed by atoms with Gasteiger partial charge in [0.15, 0.2) is 5.82 Å². The van der Waals surface area contributed by atoms with Gasteiger partial charge < -0.3 is 9.15 Å². The summed E-state index contributed by atoms with van der Waals surface area (Å²) in [5.41, 5.74) is 1.13. The zero-order valence-corrected chi connectivity index (χ0v) is 18.3. The minimum absolute atomic E-state index is 0.271. The molecule has 0 bridgehead atoms. The lowest BCUT2D eigenvalue weighted by Gasteiger charge is -2.03. The number of hydrogen-bond acceptors (Lipinski definition) is 6. The van der Waals surface area contributed by atoms with Gasteiger partial charge in [0.25, 0.3) is 5.56 Å². The van der Waals surface area contributed by atoms with Crippen LogP contribution < -0.4 is 14.8 Å². The standard InChI is InChI=1S/C22H13Cl2N3O3S/c1-29-17-5-3-2-4-14(17)20-25-22-27(26-20)21(28)19(31-22)11-13-7-9-18(30-13)15-10-12(23)6-8-16(15)24/h2-11H,1H3. The second-order valence-corrected chi connectivity index (χ2v) is 8.42. The van der Waals surface area contributed by atoms with Crippen LogP contribution in [0.4, 0.5) is 0 Å². The lowest BCUT2D eigenvalue weighted by Crippen LogP contribution is -2.23. The maximum Gasteiger partial charge on any atom is 0.291 e. The van der Waals surface area contributed by atoms with E-state index in [4.69, 9.17) is 32.4 Å². The molecule has 0 saturated heterocycles. The van der Waals surface area contributed by atoms with Gasteiger partial charge in [-0.1, -0.05) is 46.7 Å². The molecule has 0 fully saturated rings. The molecule has 31 heavy (non-hydrogen) atoms. The summed E-state index contributed by atoms with van der Waals surface area (Å²) in [6.07, 6.45) is 1.66. The predicted octanol–water partition coefficient (Wildman–Crippen LogP) is 4.94. The van der Waals surface area contributed by atoms with E-state index in [1.165, 1.54) is 15.9 Å². The van der Waals surface area contributed by atoms with Gasteiger partial charge in [-0.3, -0.25) is 4.79 Å². The summed E-state index contributed by atoms with van der Waals surface area (Å²) in [5.74, 6) is 2.15. The van der Waals surface area contributed by atoms with Crippen LogP contribution in [0.1, 0.15) is 5.76 Å². The smallest absolute Gasteiger partial charge is 0.291 e. The van der Waals surface area contributed by atoms with E-state index < -0.39 is 0 Å². The average molecular weight is 470 g/mol. The Morgan fingerprint density at radius 1 is 1.10 bits per heavy atom. The first-order valence-corrected chi connectivity index (χ1v) is 10.7. The van der Waals surface area contributed by atoms with Crippen LogP contribution in [-0.4, -0.2) is 21.7 Å². The zero-order valence-electron chi connectivity index (χ0n) is 16.0. The van der Waals surface area contributed by atoms with Gasteiger partial charge in [-0.15, -0.1) is 5.10 Å². The molecule has 2 aromatic carbocycles. The number of methoxy groups -OCH3 is 1. The largest absolute Gasteiger partial charge is 0.496 e. The molecule has 0 N–H and O–H groups in total. The molecule has 0 amide bonds. The second kappa shape index (κ2) is 7.85. The van der Waals surface area contributed by atoms with Crippen molar-refractivity contribution in [1.29, 1.82) is 0 Å². The molecule has 0 radical (unpaired) electrons.